The van der Waals surface area contributed by atoms with Crippen LogP contribution in [0.25, 0.3) is 0 Å². The predicted molar refractivity (Wildman–Crippen MR) is 68.9 cm³/mol. The van der Waals surface area contributed by atoms with Crippen LogP contribution < -0.4 is 5.32 Å². The van der Waals surface area contributed by atoms with Crippen LogP contribution in [0.1, 0.15) is 13.8 Å². The molecule has 1 atom stereocenters. The van der Waals surface area contributed by atoms with E-state index in [9.17, 15) is 4.79 Å². The lowest BCUT2D eigenvalue weighted by molar-refractivity contribution is -0.119. The summed E-state index contributed by atoms with van der Waals surface area (Å²) in [5.41, 5.74) is 0. The van der Waals surface area contributed by atoms with Crippen molar-refractivity contribution in [2.45, 2.75) is 24.1 Å². The minimum Gasteiger partial charge on any atom is -0.394 e. The molecule has 2 N–H and O–H groups in total. The van der Waals surface area contributed by atoms with Crippen molar-refractivity contribution in [1.29, 1.82) is 0 Å². The second-order valence-corrected chi connectivity index (χ2v) is 6.04. The Morgan fingerprint density at radius 2 is 2.38 bits per heavy atom. The van der Waals surface area contributed by atoms with Crippen LogP contribution in [-0.4, -0.2) is 29.4 Å². The average molecular weight is 259 g/mol. The number of aliphatic hydroxyl groups excluding tert-OH is 1. The summed E-state index contributed by atoms with van der Waals surface area (Å²) in [4.78, 5) is 11.6. The Morgan fingerprint density at radius 1 is 1.62 bits per heavy atom. The molecule has 1 aromatic rings. The predicted octanol–water partition coefficient (Wildman–Crippen LogP) is 1.97. The zero-order chi connectivity index (χ0) is 12.0. The highest BCUT2D eigenvalue weighted by molar-refractivity contribution is 8.01. The molecule has 1 amide bonds. The number of carbonyl (C=O) groups excluding carboxylic acids is 1. The van der Waals surface area contributed by atoms with Gasteiger partial charge in [0.1, 0.15) is 0 Å². The largest absolute Gasteiger partial charge is 0.394 e. The smallest absolute Gasteiger partial charge is 0.230 e. The van der Waals surface area contributed by atoms with Crippen LogP contribution in [0, 0.1) is 5.92 Å². The molecule has 0 spiro atoms. The fourth-order valence-electron chi connectivity index (χ4n) is 1.15. The summed E-state index contributed by atoms with van der Waals surface area (Å²) >= 11 is 3.15. The van der Waals surface area contributed by atoms with Crippen LogP contribution in [-0.2, 0) is 4.79 Å². The molecule has 1 rings (SSSR count). The molecule has 0 aromatic carbocycles. The summed E-state index contributed by atoms with van der Waals surface area (Å²) < 4.78 is 1.14. The van der Waals surface area contributed by atoms with E-state index in [0.29, 0.717) is 5.75 Å². The number of carbonyl (C=O) groups is 1. The lowest BCUT2D eigenvalue weighted by Gasteiger charge is -2.19. The minimum absolute atomic E-state index is 0.00687. The normalized spacial score (nSPS) is 12.8. The average Bonchev–Trinajstić information content (AvgIpc) is 2.75. The van der Waals surface area contributed by atoms with Gasteiger partial charge in [0.15, 0.2) is 0 Å². The number of nitrogens with one attached hydrogen (secondary N) is 1. The molecule has 0 saturated carbocycles. The lowest BCUT2D eigenvalue weighted by atomic mass is 10.1. The summed E-state index contributed by atoms with van der Waals surface area (Å²) in [6.07, 6.45) is 0. The Morgan fingerprint density at radius 3 is 2.88 bits per heavy atom. The SMILES string of the molecule is CC(C)C(CO)NC(=O)CSc1cccs1. The van der Waals surface area contributed by atoms with Gasteiger partial charge in [-0.15, -0.1) is 23.1 Å². The highest BCUT2D eigenvalue weighted by atomic mass is 32.2. The summed E-state index contributed by atoms with van der Waals surface area (Å²) in [5, 5.41) is 13.9. The van der Waals surface area contributed by atoms with Gasteiger partial charge in [-0.2, -0.15) is 0 Å². The molecule has 0 saturated heterocycles. The molecule has 1 aromatic heterocycles. The van der Waals surface area contributed by atoms with Crippen molar-refractivity contribution < 1.29 is 9.90 Å². The number of thiophene rings is 1. The van der Waals surface area contributed by atoms with Gasteiger partial charge >= 0.3 is 0 Å². The molecular formula is C11H17NO2S2. The molecule has 3 nitrogen and oxygen atoms in total. The van der Waals surface area contributed by atoms with Gasteiger partial charge in [0.05, 0.1) is 22.6 Å². The Balaban J connectivity index is 2.30. The number of thioether (sulfide) groups is 1. The van der Waals surface area contributed by atoms with Gasteiger partial charge in [-0.25, -0.2) is 0 Å². The Labute approximate surface area is 104 Å². The molecule has 16 heavy (non-hydrogen) atoms. The highest BCUT2D eigenvalue weighted by Crippen LogP contribution is 2.22. The van der Waals surface area contributed by atoms with E-state index in [0.717, 1.165) is 4.21 Å². The Hall–Kier alpha value is -0.520. The molecule has 1 heterocycles. The summed E-state index contributed by atoms with van der Waals surface area (Å²) in [6.45, 7) is 3.95. The molecule has 90 valence electrons. The molecule has 0 fully saturated rings. The molecule has 0 aliphatic carbocycles. The highest BCUT2D eigenvalue weighted by Gasteiger charge is 2.14. The van der Waals surface area contributed by atoms with E-state index in [1.807, 2.05) is 31.4 Å². The van der Waals surface area contributed by atoms with Crippen molar-refractivity contribution in [2.24, 2.45) is 5.92 Å². The van der Waals surface area contributed by atoms with E-state index in [1.165, 1.54) is 11.8 Å². The van der Waals surface area contributed by atoms with Crippen LogP contribution in [0.3, 0.4) is 0 Å². The van der Waals surface area contributed by atoms with Gasteiger partial charge in [0.2, 0.25) is 5.91 Å². The molecule has 0 aliphatic rings. The van der Waals surface area contributed by atoms with E-state index < -0.39 is 0 Å². The first kappa shape index (κ1) is 13.5. The molecule has 1 unspecified atom stereocenters. The lowest BCUT2D eigenvalue weighted by Crippen LogP contribution is -2.41. The van der Waals surface area contributed by atoms with Crippen LogP contribution in [0.5, 0.6) is 0 Å². The van der Waals surface area contributed by atoms with Crippen molar-refractivity contribution in [1.82, 2.24) is 5.32 Å². The first-order valence-electron chi connectivity index (χ1n) is 5.20. The molecule has 0 radical (unpaired) electrons. The van der Waals surface area contributed by atoms with Gasteiger partial charge in [0.25, 0.3) is 0 Å². The summed E-state index contributed by atoms with van der Waals surface area (Å²) in [7, 11) is 0. The topological polar surface area (TPSA) is 49.3 Å². The van der Waals surface area contributed by atoms with Gasteiger partial charge in [-0.1, -0.05) is 19.9 Å². The first-order valence-corrected chi connectivity index (χ1v) is 7.06. The van der Waals surface area contributed by atoms with Crippen molar-refractivity contribution in [3.8, 4) is 0 Å². The molecule has 5 heteroatoms. The summed E-state index contributed by atoms with van der Waals surface area (Å²) in [6, 6.07) is 3.82. The van der Waals surface area contributed by atoms with Crippen molar-refractivity contribution in [2.75, 3.05) is 12.4 Å². The number of hydrogen-bond donors (Lipinski definition) is 2. The van der Waals surface area contributed by atoms with Crippen LogP contribution in [0.4, 0.5) is 0 Å². The van der Waals surface area contributed by atoms with Gasteiger partial charge < -0.3 is 10.4 Å². The standard InChI is InChI=1S/C11H17NO2S2/c1-8(2)9(6-13)12-10(14)7-16-11-4-3-5-15-11/h3-5,8-9,13H,6-7H2,1-2H3,(H,12,14). The van der Waals surface area contributed by atoms with Crippen LogP contribution >= 0.6 is 23.1 Å². The second-order valence-electron chi connectivity index (χ2n) is 3.82. The maximum absolute atomic E-state index is 11.6. The minimum atomic E-state index is -0.142. The third-order valence-corrected chi connectivity index (χ3v) is 4.32. The summed E-state index contributed by atoms with van der Waals surface area (Å²) in [5.74, 6) is 0.635. The number of hydrogen-bond acceptors (Lipinski definition) is 4. The Bertz CT molecular complexity index is 312. The fraction of sp³-hybridized carbons (Fsp3) is 0.545. The van der Waals surface area contributed by atoms with Gasteiger partial charge in [0, 0.05) is 0 Å². The van der Waals surface area contributed by atoms with E-state index in [-0.39, 0.29) is 24.5 Å². The van der Waals surface area contributed by atoms with Crippen LogP contribution in [0.2, 0.25) is 0 Å². The Kier molecular flexibility index (Phi) is 5.87. The maximum atomic E-state index is 11.6. The van der Waals surface area contributed by atoms with E-state index >= 15 is 0 Å². The van der Waals surface area contributed by atoms with Crippen molar-refractivity contribution in [3.05, 3.63) is 17.5 Å². The second kappa shape index (κ2) is 6.93. The molecule has 0 bridgehead atoms. The zero-order valence-electron chi connectivity index (χ0n) is 9.47. The third kappa shape index (κ3) is 4.55. The molecular weight excluding hydrogens is 242 g/mol. The van der Waals surface area contributed by atoms with Crippen molar-refractivity contribution >= 4 is 29.0 Å². The number of rotatable bonds is 6. The number of aliphatic hydroxyl groups is 1. The van der Waals surface area contributed by atoms with Crippen LogP contribution in [0.15, 0.2) is 21.7 Å². The maximum Gasteiger partial charge on any atom is 0.230 e. The van der Waals surface area contributed by atoms with Gasteiger partial charge in [-0.3, -0.25) is 4.79 Å². The van der Waals surface area contributed by atoms with Crippen molar-refractivity contribution in [3.63, 3.8) is 0 Å². The fourth-order valence-corrected chi connectivity index (χ4v) is 2.75. The first-order chi connectivity index (χ1) is 7.63. The monoisotopic (exact) mass is 259 g/mol. The number of amides is 1. The quantitative estimate of drug-likeness (QED) is 0.768. The molecule has 0 aliphatic heterocycles. The third-order valence-electron chi connectivity index (χ3n) is 2.19. The van der Waals surface area contributed by atoms with Gasteiger partial charge in [-0.05, 0) is 17.4 Å². The zero-order valence-corrected chi connectivity index (χ0v) is 11.1. The van der Waals surface area contributed by atoms with E-state index in [4.69, 9.17) is 5.11 Å². The van der Waals surface area contributed by atoms with E-state index in [2.05, 4.69) is 5.32 Å². The van der Waals surface area contributed by atoms with E-state index in [1.54, 1.807) is 11.3 Å².